The Morgan fingerprint density at radius 3 is 1.86 bits per heavy atom. The fraction of sp³-hybridized carbons (Fsp3) is 0.111. The highest BCUT2D eigenvalue weighted by Gasteiger charge is 2.42. The average molecular weight is 609 g/mol. The lowest BCUT2D eigenvalue weighted by Gasteiger charge is -2.13. The zero-order valence-electron chi connectivity index (χ0n) is 17.6. The van der Waals surface area contributed by atoms with E-state index in [4.69, 9.17) is 45.1 Å². The summed E-state index contributed by atoms with van der Waals surface area (Å²) in [5.74, 6) is -0.902. The van der Waals surface area contributed by atoms with Gasteiger partial charge in [0.1, 0.15) is 22.5 Å². The van der Waals surface area contributed by atoms with E-state index in [9.17, 15) is 39.0 Å². The van der Waals surface area contributed by atoms with Crippen molar-refractivity contribution in [3.63, 3.8) is 0 Å². The molecule has 19 heteroatoms. The smallest absolute Gasteiger partial charge is 0.399 e. The van der Waals surface area contributed by atoms with Crippen molar-refractivity contribution in [2.75, 3.05) is 11.5 Å². The minimum Gasteiger partial charge on any atom is -0.399 e. The predicted molar refractivity (Wildman–Crippen MR) is 122 cm³/mol. The largest absolute Gasteiger partial charge is 0.476 e. The van der Waals surface area contributed by atoms with Crippen LogP contribution in [0.5, 0.6) is 0 Å². The summed E-state index contributed by atoms with van der Waals surface area (Å²) in [7, 11) is -7.28. The van der Waals surface area contributed by atoms with Crippen molar-refractivity contribution in [2.24, 2.45) is 5.14 Å². The molecule has 3 rings (SSSR count). The van der Waals surface area contributed by atoms with Crippen LogP contribution in [0.25, 0.3) is 5.69 Å². The molecule has 200 valence electrons. The minimum absolute atomic E-state index is 0.0756. The Balaban J connectivity index is 0.000000364. The number of benzene rings is 2. The summed E-state index contributed by atoms with van der Waals surface area (Å²) >= 11 is 11.5. The number of nitrogens with zero attached hydrogens (tertiary/aromatic N) is 3. The molecule has 0 fully saturated rings. The van der Waals surface area contributed by atoms with Crippen LogP contribution in [0.3, 0.4) is 0 Å². The third-order valence-electron chi connectivity index (χ3n) is 4.14. The van der Waals surface area contributed by atoms with Gasteiger partial charge in [0.15, 0.2) is 16.5 Å². The van der Waals surface area contributed by atoms with E-state index in [1.165, 1.54) is 30.3 Å². The molecule has 0 saturated carbocycles. The van der Waals surface area contributed by atoms with Gasteiger partial charge < -0.3 is 11.5 Å². The van der Waals surface area contributed by atoms with Gasteiger partial charge in [-0.3, -0.25) is 0 Å². The molecular formula is C18H12Cl2F6N6O3S2. The Hall–Kier alpha value is -3.04. The van der Waals surface area contributed by atoms with Crippen LogP contribution < -0.4 is 16.6 Å². The van der Waals surface area contributed by atoms with Crippen LogP contribution in [0.15, 0.2) is 46.2 Å². The minimum atomic E-state index is -5.25. The first-order chi connectivity index (χ1) is 16.8. The first kappa shape index (κ1) is 30.2. The summed E-state index contributed by atoms with van der Waals surface area (Å²) in [6.45, 7) is 0. The van der Waals surface area contributed by atoms with E-state index in [0.717, 1.165) is 0 Å². The zero-order valence-corrected chi connectivity index (χ0v) is 20.7. The third kappa shape index (κ3) is 7.05. The predicted octanol–water partition coefficient (Wildman–Crippen LogP) is 4.20. The number of nitrogen functional groups attached to an aromatic ring is 2. The number of nitrogens with two attached hydrogens (primary N) is 3. The first-order valence-electron chi connectivity index (χ1n) is 9.01. The summed E-state index contributed by atoms with van der Waals surface area (Å²) in [6.07, 6.45) is -4.79. The molecule has 0 bridgehead atoms. The molecule has 0 aliphatic rings. The second-order valence-electron chi connectivity index (χ2n) is 6.70. The maximum absolute atomic E-state index is 12.7. The molecule has 2 aromatic carbocycles. The molecule has 1 atom stereocenters. The Morgan fingerprint density at radius 1 is 1.00 bits per heavy atom. The maximum Gasteiger partial charge on any atom is 0.476 e. The second kappa shape index (κ2) is 10.8. The Kier molecular flexibility index (Phi) is 8.77. The molecule has 6 N–H and O–H groups in total. The lowest BCUT2D eigenvalue weighted by molar-refractivity contribution is -0.137. The van der Waals surface area contributed by atoms with E-state index < -0.39 is 70.2 Å². The van der Waals surface area contributed by atoms with Crippen molar-refractivity contribution in [1.29, 1.82) is 5.26 Å². The Morgan fingerprint density at radius 2 is 1.49 bits per heavy atom. The van der Waals surface area contributed by atoms with Crippen molar-refractivity contribution in [3.05, 3.63) is 57.7 Å². The molecule has 0 radical (unpaired) electrons. The highest BCUT2D eigenvalue weighted by Crippen LogP contribution is 2.40. The van der Waals surface area contributed by atoms with Crippen LogP contribution in [-0.2, 0) is 27.0 Å². The highest BCUT2D eigenvalue weighted by atomic mass is 35.5. The lowest BCUT2D eigenvalue weighted by Crippen LogP contribution is -2.18. The zero-order chi connectivity index (χ0) is 28.5. The lowest BCUT2D eigenvalue weighted by atomic mass is 10.2. The number of nitriles is 1. The molecule has 0 saturated heterocycles. The fourth-order valence-corrected chi connectivity index (χ4v) is 4.48. The van der Waals surface area contributed by atoms with E-state index in [1.54, 1.807) is 0 Å². The molecule has 0 spiro atoms. The normalized spacial score (nSPS) is 12.9. The van der Waals surface area contributed by atoms with Crippen molar-refractivity contribution in [2.45, 2.75) is 21.5 Å². The Labute approximate surface area is 216 Å². The average Bonchev–Trinajstić information content (AvgIpc) is 3.07. The van der Waals surface area contributed by atoms with Crippen LogP contribution >= 0.6 is 23.2 Å². The number of halogens is 8. The third-order valence-corrected chi connectivity index (χ3v) is 6.84. The van der Waals surface area contributed by atoms with E-state index in [1.807, 2.05) is 0 Å². The summed E-state index contributed by atoms with van der Waals surface area (Å²) in [6, 6.07) is 7.90. The highest BCUT2D eigenvalue weighted by molar-refractivity contribution is 7.89. The molecule has 0 aliphatic carbocycles. The number of aromatic nitrogens is 2. The SMILES string of the molecule is N#Cc1nn(-c2c(Cl)cc(C(F)(F)F)cc2Cl)c(N)c1S(=O)C(F)(F)F.Nc1ccc(S(N)(=O)=O)cc1. The second-order valence-corrected chi connectivity index (χ2v) is 10.5. The van der Waals surface area contributed by atoms with Crippen molar-refractivity contribution in [1.82, 2.24) is 9.78 Å². The summed E-state index contributed by atoms with van der Waals surface area (Å²) in [5.41, 5.74) is 3.43. The molecule has 37 heavy (non-hydrogen) atoms. The number of alkyl halides is 6. The van der Waals surface area contributed by atoms with Gasteiger partial charge >= 0.3 is 11.7 Å². The number of anilines is 2. The van der Waals surface area contributed by atoms with Crippen molar-refractivity contribution in [3.8, 4) is 11.8 Å². The monoisotopic (exact) mass is 608 g/mol. The summed E-state index contributed by atoms with van der Waals surface area (Å²) in [5, 5.41) is 15.9. The van der Waals surface area contributed by atoms with E-state index in [-0.39, 0.29) is 4.90 Å². The van der Waals surface area contributed by atoms with Gasteiger partial charge in [-0.15, -0.1) is 0 Å². The number of rotatable bonds is 3. The van der Waals surface area contributed by atoms with E-state index >= 15 is 0 Å². The van der Waals surface area contributed by atoms with Gasteiger partial charge in [-0.25, -0.2) is 22.4 Å². The number of hydrogen-bond acceptors (Lipinski definition) is 7. The van der Waals surface area contributed by atoms with Crippen LogP contribution in [-0.4, -0.2) is 27.9 Å². The quantitative estimate of drug-likeness (QED) is 0.295. The van der Waals surface area contributed by atoms with E-state index in [0.29, 0.717) is 22.5 Å². The van der Waals surface area contributed by atoms with Gasteiger partial charge in [-0.1, -0.05) is 23.2 Å². The molecule has 0 aliphatic heterocycles. The van der Waals surface area contributed by atoms with Gasteiger partial charge in [0, 0.05) is 5.69 Å². The van der Waals surface area contributed by atoms with Crippen LogP contribution in [0.4, 0.5) is 37.8 Å². The first-order valence-corrected chi connectivity index (χ1v) is 12.5. The molecule has 3 aromatic rings. The molecular weight excluding hydrogens is 597 g/mol. The van der Waals surface area contributed by atoms with Gasteiger partial charge in [-0.05, 0) is 36.4 Å². The number of sulfonamides is 1. The topological polar surface area (TPSA) is 171 Å². The summed E-state index contributed by atoms with van der Waals surface area (Å²) < 4.78 is 110. The number of primary sulfonamides is 1. The van der Waals surface area contributed by atoms with E-state index in [2.05, 4.69) is 5.10 Å². The van der Waals surface area contributed by atoms with Crippen molar-refractivity contribution >= 4 is 55.5 Å². The van der Waals surface area contributed by atoms with Crippen LogP contribution in [0, 0.1) is 11.3 Å². The van der Waals surface area contributed by atoms with Gasteiger partial charge in [0.2, 0.25) is 10.0 Å². The molecule has 9 nitrogen and oxygen atoms in total. The Bertz CT molecular complexity index is 1480. The van der Waals surface area contributed by atoms with Crippen LogP contribution in [0.2, 0.25) is 10.0 Å². The van der Waals surface area contributed by atoms with Crippen LogP contribution in [0.1, 0.15) is 11.3 Å². The van der Waals surface area contributed by atoms with Gasteiger partial charge in [-0.2, -0.15) is 36.7 Å². The molecule has 1 heterocycles. The molecule has 1 aromatic heterocycles. The standard InChI is InChI=1S/C12H4Cl2F6N4OS.C6H8N2O2S/c13-5-1-4(11(15,16)17)2-6(14)8(5)24-10(22)9(7(3-21)23-24)26(25)12(18,19)20;7-5-1-3-6(4-2-5)11(8,9)10/h1-2H,22H2;1-4H,7H2,(H2,8,9,10). The molecule has 0 amide bonds. The summed E-state index contributed by atoms with van der Waals surface area (Å²) in [4.78, 5) is -1.07. The fourth-order valence-electron chi connectivity index (χ4n) is 2.55. The van der Waals surface area contributed by atoms with Gasteiger partial charge in [0.25, 0.3) is 0 Å². The maximum atomic E-state index is 12.7. The molecule has 1 unspecified atom stereocenters. The van der Waals surface area contributed by atoms with Crippen molar-refractivity contribution < 1.29 is 39.0 Å². The number of hydrogen-bond donors (Lipinski definition) is 3. The van der Waals surface area contributed by atoms with Gasteiger partial charge in [0.05, 0.1) is 20.5 Å².